The fourth-order valence-corrected chi connectivity index (χ4v) is 4.28. The molecule has 0 radical (unpaired) electrons. The second-order valence-electron chi connectivity index (χ2n) is 8.30. The van der Waals surface area contributed by atoms with Gasteiger partial charge < -0.3 is 29.7 Å². The highest BCUT2D eigenvalue weighted by Gasteiger charge is 2.33. The Morgan fingerprint density at radius 3 is 2.73 bits per heavy atom. The number of hydrogen-bond donors (Lipinski definition) is 2. The Balaban J connectivity index is 1.45. The molecule has 0 bridgehead atoms. The third kappa shape index (κ3) is 4.71. The number of benzene rings is 1. The lowest BCUT2D eigenvalue weighted by Gasteiger charge is -2.26. The number of amides is 1. The molecule has 0 unspecified atom stereocenters. The summed E-state index contributed by atoms with van der Waals surface area (Å²) in [5.74, 6) is 1.20. The van der Waals surface area contributed by atoms with Crippen LogP contribution in [0, 0.1) is 0 Å². The molecule has 12 heteroatoms. The molecule has 1 aliphatic heterocycles. The lowest BCUT2D eigenvalue weighted by molar-refractivity contribution is -0.140. The topological polar surface area (TPSA) is 122 Å². The van der Waals surface area contributed by atoms with Crippen molar-refractivity contribution in [3.05, 3.63) is 64.6 Å². The number of methoxy groups -OCH3 is 1. The number of rotatable bonds is 6. The number of nitrogens with two attached hydrogens (primary N) is 1. The molecule has 194 valence electrons. The molecule has 9 nitrogen and oxygen atoms in total. The van der Waals surface area contributed by atoms with Crippen LogP contribution < -0.4 is 15.8 Å². The van der Waals surface area contributed by atoms with Gasteiger partial charge in [0.1, 0.15) is 35.9 Å². The zero-order valence-electron chi connectivity index (χ0n) is 19.8. The molecule has 3 N–H and O–H groups in total. The van der Waals surface area contributed by atoms with E-state index in [1.165, 1.54) is 19.2 Å². The van der Waals surface area contributed by atoms with Crippen LogP contribution in [0.15, 0.2) is 51.9 Å². The van der Waals surface area contributed by atoms with Gasteiger partial charge in [-0.1, -0.05) is 6.08 Å². The molecule has 1 aliphatic carbocycles. The smallest absolute Gasteiger partial charge is 0.433 e. The molecule has 1 amide bonds. The number of aromatic nitrogens is 2. The summed E-state index contributed by atoms with van der Waals surface area (Å²) in [5.41, 5.74) is 5.85. The molecule has 1 aromatic carbocycles. The summed E-state index contributed by atoms with van der Waals surface area (Å²) in [5, 5.41) is 3.12. The van der Waals surface area contributed by atoms with E-state index in [1.807, 2.05) is 6.08 Å². The van der Waals surface area contributed by atoms with Gasteiger partial charge in [-0.15, -0.1) is 0 Å². The molecule has 3 heterocycles. The maximum Gasteiger partial charge on any atom is 0.433 e. The number of pyridine rings is 1. The summed E-state index contributed by atoms with van der Waals surface area (Å²) >= 11 is 0. The first kappa shape index (κ1) is 24.6. The Kier molecular flexibility index (Phi) is 6.50. The third-order valence-electron chi connectivity index (χ3n) is 6.01. The zero-order valence-corrected chi connectivity index (χ0v) is 19.8. The van der Waals surface area contributed by atoms with Crippen LogP contribution in [0.4, 0.5) is 13.2 Å². The summed E-state index contributed by atoms with van der Waals surface area (Å²) in [6.45, 7) is 0.994. The largest absolute Gasteiger partial charge is 0.494 e. The monoisotopic (exact) mass is 516 g/mol. The van der Waals surface area contributed by atoms with E-state index in [9.17, 15) is 18.0 Å². The van der Waals surface area contributed by atoms with Crippen LogP contribution in [-0.4, -0.2) is 42.7 Å². The molecule has 37 heavy (non-hydrogen) atoms. The first-order valence-electron chi connectivity index (χ1n) is 11.5. The van der Waals surface area contributed by atoms with Gasteiger partial charge in [0.2, 0.25) is 5.89 Å². The van der Waals surface area contributed by atoms with Gasteiger partial charge in [0, 0.05) is 29.5 Å². The van der Waals surface area contributed by atoms with Crippen molar-refractivity contribution in [2.24, 2.45) is 5.73 Å². The number of ether oxygens (including phenoxy) is 3. The van der Waals surface area contributed by atoms with Gasteiger partial charge in [-0.25, -0.2) is 9.97 Å². The van der Waals surface area contributed by atoms with E-state index < -0.39 is 17.8 Å². The van der Waals surface area contributed by atoms with Gasteiger partial charge in [0.25, 0.3) is 5.91 Å². The highest BCUT2D eigenvalue weighted by Crippen LogP contribution is 2.37. The fourth-order valence-electron chi connectivity index (χ4n) is 4.28. The predicted molar refractivity (Wildman–Crippen MR) is 125 cm³/mol. The van der Waals surface area contributed by atoms with Crippen LogP contribution in [0.1, 0.15) is 34.8 Å². The van der Waals surface area contributed by atoms with E-state index in [1.54, 1.807) is 6.07 Å². The van der Waals surface area contributed by atoms with Gasteiger partial charge in [0.05, 0.1) is 13.7 Å². The Labute approximate surface area is 209 Å². The quantitative estimate of drug-likeness (QED) is 0.503. The predicted octanol–water partition coefficient (Wildman–Crippen LogP) is 4.08. The van der Waals surface area contributed by atoms with Crippen LogP contribution in [0.5, 0.6) is 5.75 Å². The van der Waals surface area contributed by atoms with E-state index in [-0.39, 0.29) is 41.7 Å². The number of nitrogens with one attached hydrogen (secondary N) is 1. The molecule has 0 spiro atoms. The molecular formula is C25H23F3N4O5. The van der Waals surface area contributed by atoms with Crippen molar-refractivity contribution in [1.82, 2.24) is 15.3 Å². The van der Waals surface area contributed by atoms with Crippen molar-refractivity contribution in [3.63, 3.8) is 0 Å². The second kappa shape index (κ2) is 9.77. The third-order valence-corrected chi connectivity index (χ3v) is 6.01. The fraction of sp³-hybridized carbons (Fsp3) is 0.320. The molecule has 0 fully saturated rings. The summed E-state index contributed by atoms with van der Waals surface area (Å²) < 4.78 is 62.1. The lowest BCUT2D eigenvalue weighted by atomic mass is 10.0. The molecule has 3 aromatic rings. The lowest BCUT2D eigenvalue weighted by Crippen LogP contribution is -2.29. The van der Waals surface area contributed by atoms with Crippen LogP contribution in [0.25, 0.3) is 22.4 Å². The molecular weight excluding hydrogens is 493 g/mol. The van der Waals surface area contributed by atoms with Gasteiger partial charge in [-0.2, -0.15) is 13.2 Å². The second-order valence-corrected chi connectivity index (χ2v) is 8.30. The Hall–Kier alpha value is -4.06. The van der Waals surface area contributed by atoms with E-state index in [0.29, 0.717) is 29.9 Å². The van der Waals surface area contributed by atoms with Crippen molar-refractivity contribution >= 4 is 16.8 Å². The standard InChI is InChI=1S/C25H23F3N4O5/c1-34-16-7-5-15(14-6-8-19(25(26,27)28)31-20(14)16)24-32-21(18(11-29)37-24)23(33)30-12-13-3-2-4-17-22(13)36-10-9-35-17/h3,5-8H,2,4,9-12,29H2,1H3,(H,30,33). The van der Waals surface area contributed by atoms with Gasteiger partial charge in [0.15, 0.2) is 17.2 Å². The highest BCUT2D eigenvalue weighted by molar-refractivity contribution is 5.98. The summed E-state index contributed by atoms with van der Waals surface area (Å²) in [6.07, 6.45) is -1.14. The van der Waals surface area contributed by atoms with Crippen molar-refractivity contribution in [1.29, 1.82) is 0 Å². The number of nitrogens with zero attached hydrogens (tertiary/aromatic N) is 2. The minimum atomic E-state index is -4.63. The number of allylic oxidation sites excluding steroid dienone is 2. The van der Waals surface area contributed by atoms with Crippen molar-refractivity contribution in [2.75, 3.05) is 26.9 Å². The Morgan fingerprint density at radius 1 is 1.16 bits per heavy atom. The summed E-state index contributed by atoms with van der Waals surface area (Å²) in [7, 11) is 1.34. The van der Waals surface area contributed by atoms with E-state index in [0.717, 1.165) is 30.2 Å². The summed E-state index contributed by atoms with van der Waals surface area (Å²) in [4.78, 5) is 21.1. The van der Waals surface area contributed by atoms with Gasteiger partial charge >= 0.3 is 6.18 Å². The molecule has 2 aliphatic rings. The van der Waals surface area contributed by atoms with E-state index in [2.05, 4.69) is 15.3 Å². The average Bonchev–Trinajstić information content (AvgIpc) is 3.34. The van der Waals surface area contributed by atoms with Crippen LogP contribution in [0.2, 0.25) is 0 Å². The highest BCUT2D eigenvalue weighted by atomic mass is 19.4. The van der Waals surface area contributed by atoms with Crippen LogP contribution in [0.3, 0.4) is 0 Å². The zero-order chi connectivity index (χ0) is 26.2. The number of halogens is 3. The summed E-state index contributed by atoms with van der Waals surface area (Å²) in [6, 6.07) is 5.17. The molecule has 2 aromatic heterocycles. The van der Waals surface area contributed by atoms with Crippen molar-refractivity contribution in [2.45, 2.75) is 25.6 Å². The number of fused-ring (bicyclic) bond motifs is 1. The van der Waals surface area contributed by atoms with Crippen molar-refractivity contribution in [3.8, 4) is 17.2 Å². The number of alkyl halides is 3. The van der Waals surface area contributed by atoms with E-state index in [4.69, 9.17) is 24.4 Å². The van der Waals surface area contributed by atoms with Crippen molar-refractivity contribution < 1.29 is 36.6 Å². The number of oxazole rings is 1. The normalized spacial score (nSPS) is 15.5. The van der Waals surface area contributed by atoms with Gasteiger partial charge in [-0.3, -0.25) is 4.79 Å². The minimum Gasteiger partial charge on any atom is -0.494 e. The number of hydrogen-bond acceptors (Lipinski definition) is 8. The van der Waals surface area contributed by atoms with Crippen LogP contribution in [-0.2, 0) is 22.2 Å². The maximum absolute atomic E-state index is 13.3. The Morgan fingerprint density at radius 2 is 1.97 bits per heavy atom. The maximum atomic E-state index is 13.3. The minimum absolute atomic E-state index is 0.0173. The number of carbonyl (C=O) groups excluding carboxylic acids is 1. The molecule has 0 saturated heterocycles. The average molecular weight is 516 g/mol. The number of carbonyl (C=O) groups is 1. The van der Waals surface area contributed by atoms with Gasteiger partial charge in [-0.05, 0) is 30.7 Å². The molecule has 0 atom stereocenters. The first-order valence-corrected chi connectivity index (χ1v) is 11.5. The van der Waals surface area contributed by atoms with E-state index >= 15 is 0 Å². The SMILES string of the molecule is COc1ccc(-c2nc(C(=O)NCC3=CCCC4=C3OCCO4)c(CN)o2)c2ccc(C(F)(F)F)nc12. The molecule has 5 rings (SSSR count). The Bertz CT molecular complexity index is 1430. The first-order chi connectivity index (χ1) is 17.8. The molecule has 0 saturated carbocycles. The van der Waals surface area contributed by atoms with Crippen LogP contribution >= 0.6 is 0 Å².